The van der Waals surface area contributed by atoms with E-state index in [9.17, 15) is 0 Å². The number of H-pyrrole nitrogens is 1. The van der Waals surface area contributed by atoms with Gasteiger partial charge < -0.3 is 5.43 Å². The van der Waals surface area contributed by atoms with E-state index < -0.39 is 0 Å². The van der Waals surface area contributed by atoms with Crippen LogP contribution in [0.15, 0.2) is 6.20 Å². The van der Waals surface area contributed by atoms with Crippen molar-refractivity contribution in [2.45, 2.75) is 26.7 Å². The molecule has 2 rings (SSSR count). The normalized spacial score (nSPS) is 10.9. The fourth-order valence-electron chi connectivity index (χ4n) is 1.81. The molecule has 0 saturated carbocycles. The molecule has 0 aliphatic carbocycles. The standard InChI is InChI=1S/C10H15N7/c1-5(2)8-6(3)13-9(14-10(8)15-11)7-4-12-17-16-7/h4-5H,11H2,1-3H3,(H,12,16,17)(H,13,14,15). The van der Waals surface area contributed by atoms with E-state index in [1.807, 2.05) is 6.92 Å². The highest BCUT2D eigenvalue weighted by molar-refractivity contribution is 5.56. The third kappa shape index (κ3) is 2.09. The van der Waals surface area contributed by atoms with Gasteiger partial charge in [-0.15, -0.1) is 0 Å². The van der Waals surface area contributed by atoms with Crippen LogP contribution in [0.3, 0.4) is 0 Å². The second-order valence-corrected chi connectivity index (χ2v) is 4.05. The van der Waals surface area contributed by atoms with Gasteiger partial charge in [0, 0.05) is 11.3 Å². The van der Waals surface area contributed by atoms with Crippen LogP contribution in [0.5, 0.6) is 0 Å². The minimum absolute atomic E-state index is 0.299. The number of nitrogen functional groups attached to an aromatic ring is 1. The number of aromatic nitrogens is 5. The number of anilines is 1. The Morgan fingerprint density at radius 2 is 2.12 bits per heavy atom. The Balaban J connectivity index is 2.56. The van der Waals surface area contributed by atoms with Crippen LogP contribution in [0.1, 0.15) is 31.0 Å². The molecule has 4 N–H and O–H groups in total. The topological polar surface area (TPSA) is 105 Å². The summed E-state index contributed by atoms with van der Waals surface area (Å²) < 4.78 is 0. The van der Waals surface area contributed by atoms with Gasteiger partial charge in [-0.05, 0) is 12.8 Å². The maximum Gasteiger partial charge on any atom is 0.184 e. The monoisotopic (exact) mass is 233 g/mol. The molecule has 7 heteroatoms. The van der Waals surface area contributed by atoms with Crippen LogP contribution in [0, 0.1) is 6.92 Å². The molecule has 0 bridgehead atoms. The zero-order chi connectivity index (χ0) is 12.4. The summed E-state index contributed by atoms with van der Waals surface area (Å²) in [5.74, 6) is 6.93. The predicted molar refractivity (Wildman–Crippen MR) is 64.0 cm³/mol. The second kappa shape index (κ2) is 4.46. The lowest BCUT2D eigenvalue weighted by Crippen LogP contribution is -2.14. The summed E-state index contributed by atoms with van der Waals surface area (Å²) in [5.41, 5.74) is 5.11. The maximum atomic E-state index is 5.50. The number of hydrogen-bond acceptors (Lipinski definition) is 6. The summed E-state index contributed by atoms with van der Waals surface area (Å²) >= 11 is 0. The first-order chi connectivity index (χ1) is 8.13. The van der Waals surface area contributed by atoms with Gasteiger partial charge in [0.15, 0.2) is 5.82 Å². The molecule has 0 aliphatic heterocycles. The summed E-state index contributed by atoms with van der Waals surface area (Å²) in [7, 11) is 0. The molecular formula is C10H15N7. The van der Waals surface area contributed by atoms with E-state index in [0.717, 1.165) is 11.3 Å². The summed E-state index contributed by atoms with van der Waals surface area (Å²) in [4.78, 5) is 8.76. The number of aromatic amines is 1. The number of rotatable bonds is 3. The van der Waals surface area contributed by atoms with Gasteiger partial charge in [-0.25, -0.2) is 15.8 Å². The zero-order valence-corrected chi connectivity index (χ0v) is 10.0. The first kappa shape index (κ1) is 11.5. The summed E-state index contributed by atoms with van der Waals surface area (Å²) in [6.45, 7) is 6.08. The Morgan fingerprint density at radius 1 is 1.35 bits per heavy atom. The molecule has 0 spiro atoms. The molecule has 0 aliphatic rings. The van der Waals surface area contributed by atoms with Gasteiger partial charge >= 0.3 is 0 Å². The third-order valence-electron chi connectivity index (χ3n) is 2.49. The van der Waals surface area contributed by atoms with Crippen molar-refractivity contribution in [1.82, 2.24) is 25.4 Å². The van der Waals surface area contributed by atoms with Crippen molar-refractivity contribution in [3.8, 4) is 11.5 Å². The van der Waals surface area contributed by atoms with Gasteiger partial charge in [-0.1, -0.05) is 13.8 Å². The Hall–Kier alpha value is -2.02. The lowest BCUT2D eigenvalue weighted by Gasteiger charge is -2.14. The minimum atomic E-state index is 0.299. The number of nitrogens with one attached hydrogen (secondary N) is 2. The molecule has 90 valence electrons. The summed E-state index contributed by atoms with van der Waals surface area (Å²) in [5, 5.41) is 10.2. The minimum Gasteiger partial charge on any atom is -0.308 e. The number of aryl methyl sites for hydroxylation is 1. The Morgan fingerprint density at radius 3 is 2.65 bits per heavy atom. The average molecular weight is 233 g/mol. The lowest BCUT2D eigenvalue weighted by atomic mass is 10.0. The van der Waals surface area contributed by atoms with Gasteiger partial charge in [0.05, 0.1) is 6.20 Å². The van der Waals surface area contributed by atoms with Crippen molar-refractivity contribution < 1.29 is 0 Å². The molecule has 0 saturated heterocycles. The smallest absolute Gasteiger partial charge is 0.184 e. The molecule has 7 nitrogen and oxygen atoms in total. The van der Waals surface area contributed by atoms with Crippen LogP contribution >= 0.6 is 0 Å². The van der Waals surface area contributed by atoms with Crippen molar-refractivity contribution in [2.75, 3.05) is 5.43 Å². The van der Waals surface area contributed by atoms with E-state index in [1.54, 1.807) is 6.20 Å². The van der Waals surface area contributed by atoms with Crippen molar-refractivity contribution in [3.05, 3.63) is 17.5 Å². The van der Waals surface area contributed by atoms with Gasteiger partial charge in [0.25, 0.3) is 0 Å². The highest BCUT2D eigenvalue weighted by atomic mass is 15.3. The predicted octanol–water partition coefficient (Wildman–Crippen LogP) is 0.979. The first-order valence-electron chi connectivity index (χ1n) is 5.34. The van der Waals surface area contributed by atoms with Crippen LogP contribution in [0.4, 0.5) is 5.82 Å². The molecule has 0 unspecified atom stereocenters. The van der Waals surface area contributed by atoms with E-state index in [1.165, 1.54) is 0 Å². The van der Waals surface area contributed by atoms with Gasteiger partial charge in [0.1, 0.15) is 11.5 Å². The summed E-state index contributed by atoms with van der Waals surface area (Å²) in [6, 6.07) is 0. The molecule has 0 atom stereocenters. The molecule has 17 heavy (non-hydrogen) atoms. The van der Waals surface area contributed by atoms with Crippen LogP contribution in [-0.4, -0.2) is 25.4 Å². The number of hydrogen-bond donors (Lipinski definition) is 3. The van der Waals surface area contributed by atoms with Gasteiger partial charge in [0.2, 0.25) is 0 Å². The van der Waals surface area contributed by atoms with E-state index in [2.05, 4.69) is 44.7 Å². The average Bonchev–Trinajstić information content (AvgIpc) is 2.80. The Bertz CT molecular complexity index is 504. The molecule has 0 aromatic carbocycles. The fraction of sp³-hybridized carbons (Fsp3) is 0.400. The first-order valence-corrected chi connectivity index (χ1v) is 5.34. The molecule has 0 radical (unpaired) electrons. The van der Waals surface area contributed by atoms with Gasteiger partial charge in [-0.3, -0.25) is 0 Å². The Labute approximate surface area is 98.8 Å². The lowest BCUT2D eigenvalue weighted by molar-refractivity contribution is 0.830. The molecule has 2 aromatic rings. The van der Waals surface area contributed by atoms with Crippen molar-refractivity contribution >= 4 is 5.82 Å². The zero-order valence-electron chi connectivity index (χ0n) is 10.0. The molecule has 0 fully saturated rings. The van der Waals surface area contributed by atoms with Crippen molar-refractivity contribution in [1.29, 1.82) is 0 Å². The highest BCUT2D eigenvalue weighted by Crippen LogP contribution is 2.26. The number of hydrazine groups is 1. The van der Waals surface area contributed by atoms with Crippen LogP contribution in [0.2, 0.25) is 0 Å². The highest BCUT2D eigenvalue weighted by Gasteiger charge is 2.15. The third-order valence-corrected chi connectivity index (χ3v) is 2.49. The second-order valence-electron chi connectivity index (χ2n) is 4.05. The quantitative estimate of drug-likeness (QED) is 0.539. The van der Waals surface area contributed by atoms with Gasteiger partial charge in [-0.2, -0.15) is 15.4 Å². The Kier molecular flexibility index (Phi) is 3.01. The summed E-state index contributed by atoms with van der Waals surface area (Å²) in [6.07, 6.45) is 1.57. The molecule has 2 aromatic heterocycles. The van der Waals surface area contributed by atoms with E-state index in [-0.39, 0.29) is 0 Å². The fourth-order valence-corrected chi connectivity index (χ4v) is 1.81. The number of nitrogens with zero attached hydrogens (tertiary/aromatic N) is 4. The van der Waals surface area contributed by atoms with Crippen molar-refractivity contribution in [3.63, 3.8) is 0 Å². The molecule has 0 amide bonds. The molecule has 2 heterocycles. The largest absolute Gasteiger partial charge is 0.308 e. The van der Waals surface area contributed by atoms with Crippen LogP contribution in [0.25, 0.3) is 11.5 Å². The SMILES string of the molecule is Cc1nc(-c2cn[nH]n2)nc(NN)c1C(C)C. The van der Waals surface area contributed by atoms with Crippen LogP contribution in [-0.2, 0) is 0 Å². The van der Waals surface area contributed by atoms with E-state index >= 15 is 0 Å². The number of nitrogens with two attached hydrogens (primary N) is 1. The van der Waals surface area contributed by atoms with E-state index in [0.29, 0.717) is 23.3 Å². The van der Waals surface area contributed by atoms with Crippen molar-refractivity contribution in [2.24, 2.45) is 5.84 Å². The van der Waals surface area contributed by atoms with Crippen LogP contribution < -0.4 is 11.3 Å². The van der Waals surface area contributed by atoms with E-state index in [4.69, 9.17) is 5.84 Å². The molecular weight excluding hydrogens is 218 g/mol. The maximum absolute atomic E-state index is 5.50.